The normalized spacial score (nSPS) is 23.3. The number of carbonyl (C=O) groups excluding carboxylic acids is 1. The van der Waals surface area contributed by atoms with Crippen LogP contribution >= 0.6 is 0 Å². The van der Waals surface area contributed by atoms with Gasteiger partial charge in [-0.25, -0.2) is 4.79 Å². The molecule has 0 spiro atoms. The van der Waals surface area contributed by atoms with Crippen molar-refractivity contribution in [3.63, 3.8) is 0 Å². The molecule has 2 bridgehead atoms. The molecule has 2 saturated heterocycles. The Kier molecular flexibility index (Phi) is 4.10. The van der Waals surface area contributed by atoms with E-state index in [2.05, 4.69) is 22.0 Å². The first-order chi connectivity index (χ1) is 11.7. The van der Waals surface area contributed by atoms with E-state index in [1.807, 2.05) is 13.0 Å². The second-order valence-electron chi connectivity index (χ2n) is 6.50. The molecule has 24 heavy (non-hydrogen) atoms. The fourth-order valence-corrected chi connectivity index (χ4v) is 3.74. The summed E-state index contributed by atoms with van der Waals surface area (Å²) in [5, 5.41) is 0.852. The minimum absolute atomic E-state index is 0.291. The molecule has 0 aliphatic carbocycles. The van der Waals surface area contributed by atoms with Gasteiger partial charge < -0.3 is 14.4 Å². The number of morpholine rings is 1. The first-order valence-electron chi connectivity index (χ1n) is 8.71. The zero-order valence-corrected chi connectivity index (χ0v) is 13.9. The molecule has 1 aromatic carbocycles. The number of anilines is 1. The van der Waals surface area contributed by atoms with Crippen LogP contribution in [0, 0.1) is 0 Å². The van der Waals surface area contributed by atoms with Crippen LogP contribution < -0.4 is 4.90 Å². The van der Waals surface area contributed by atoms with Crippen LogP contribution in [0.2, 0.25) is 0 Å². The van der Waals surface area contributed by atoms with Gasteiger partial charge in [0.25, 0.3) is 0 Å². The van der Waals surface area contributed by atoms with Gasteiger partial charge in [0.1, 0.15) is 0 Å². The van der Waals surface area contributed by atoms with Gasteiger partial charge in [-0.2, -0.15) is 0 Å². The third-order valence-electron chi connectivity index (χ3n) is 4.87. The number of carbonyl (C=O) groups is 1. The molecule has 1 aromatic heterocycles. The largest absolute Gasteiger partial charge is 0.462 e. The van der Waals surface area contributed by atoms with Crippen LogP contribution in [0.15, 0.2) is 30.5 Å². The maximum atomic E-state index is 12.2. The van der Waals surface area contributed by atoms with E-state index in [0.717, 1.165) is 42.5 Å². The fourth-order valence-electron chi connectivity index (χ4n) is 3.74. The topological polar surface area (TPSA) is 51.7 Å². The van der Waals surface area contributed by atoms with Crippen molar-refractivity contribution in [3.8, 4) is 0 Å². The van der Waals surface area contributed by atoms with E-state index in [1.165, 1.54) is 6.42 Å². The molecule has 126 valence electrons. The number of pyridine rings is 1. The molecule has 4 rings (SSSR count). The summed E-state index contributed by atoms with van der Waals surface area (Å²) in [6, 6.07) is 7.87. The molecule has 0 amide bonds. The second-order valence-corrected chi connectivity index (χ2v) is 6.50. The molecule has 0 N–H and O–H groups in total. The monoisotopic (exact) mass is 326 g/mol. The van der Waals surface area contributed by atoms with Crippen LogP contribution in [0.3, 0.4) is 0 Å². The first-order valence-corrected chi connectivity index (χ1v) is 8.71. The molecule has 5 nitrogen and oxygen atoms in total. The van der Waals surface area contributed by atoms with Crippen molar-refractivity contribution in [2.24, 2.45) is 0 Å². The summed E-state index contributed by atoms with van der Waals surface area (Å²) in [5.74, 6) is -0.291. The van der Waals surface area contributed by atoms with E-state index in [1.54, 1.807) is 12.3 Å². The Labute approximate surface area is 141 Å². The molecule has 2 aliphatic rings. The number of fused-ring (bicyclic) bond motifs is 3. The third-order valence-corrected chi connectivity index (χ3v) is 4.87. The Bertz CT molecular complexity index is 749. The SMILES string of the molecule is CCOC(=O)c1ccnc2ccc(N3C[C@H]4CCC[C@@H](C3)O4)cc12. The zero-order chi connectivity index (χ0) is 16.5. The summed E-state index contributed by atoms with van der Waals surface area (Å²) in [7, 11) is 0. The summed E-state index contributed by atoms with van der Waals surface area (Å²) >= 11 is 0. The summed E-state index contributed by atoms with van der Waals surface area (Å²) in [6.45, 7) is 4.02. The van der Waals surface area contributed by atoms with Gasteiger partial charge in [-0.3, -0.25) is 4.98 Å². The van der Waals surface area contributed by atoms with Crippen molar-refractivity contribution in [1.29, 1.82) is 0 Å². The number of hydrogen-bond acceptors (Lipinski definition) is 5. The van der Waals surface area contributed by atoms with Crippen molar-refractivity contribution in [3.05, 3.63) is 36.0 Å². The number of rotatable bonds is 3. The number of benzene rings is 1. The predicted octanol–water partition coefficient (Wildman–Crippen LogP) is 3.17. The summed E-state index contributed by atoms with van der Waals surface area (Å²) in [5.41, 5.74) is 2.52. The van der Waals surface area contributed by atoms with Gasteiger partial charge in [0.15, 0.2) is 0 Å². The van der Waals surface area contributed by atoms with Crippen molar-refractivity contribution >= 4 is 22.6 Å². The van der Waals surface area contributed by atoms with E-state index < -0.39 is 0 Å². The van der Waals surface area contributed by atoms with Gasteiger partial charge in [0.05, 0.1) is 29.9 Å². The lowest BCUT2D eigenvalue weighted by Gasteiger charge is -2.42. The lowest BCUT2D eigenvalue weighted by Crippen LogP contribution is -2.50. The van der Waals surface area contributed by atoms with E-state index in [9.17, 15) is 4.79 Å². The summed E-state index contributed by atoms with van der Waals surface area (Å²) in [6.07, 6.45) is 5.84. The van der Waals surface area contributed by atoms with Gasteiger partial charge in [-0.1, -0.05) is 0 Å². The average molecular weight is 326 g/mol. The Morgan fingerprint density at radius 2 is 2.08 bits per heavy atom. The average Bonchev–Trinajstić information content (AvgIpc) is 2.60. The zero-order valence-electron chi connectivity index (χ0n) is 13.9. The van der Waals surface area contributed by atoms with E-state index in [-0.39, 0.29) is 5.97 Å². The van der Waals surface area contributed by atoms with Crippen molar-refractivity contribution in [1.82, 2.24) is 4.98 Å². The lowest BCUT2D eigenvalue weighted by molar-refractivity contribution is -0.0605. The van der Waals surface area contributed by atoms with Crippen molar-refractivity contribution < 1.29 is 14.3 Å². The Balaban J connectivity index is 1.69. The maximum absolute atomic E-state index is 12.2. The smallest absolute Gasteiger partial charge is 0.338 e. The van der Waals surface area contributed by atoms with Crippen LogP contribution in [0.1, 0.15) is 36.5 Å². The highest BCUT2D eigenvalue weighted by atomic mass is 16.5. The van der Waals surface area contributed by atoms with Gasteiger partial charge >= 0.3 is 5.97 Å². The Morgan fingerprint density at radius 1 is 1.29 bits per heavy atom. The number of ether oxygens (including phenoxy) is 2. The molecule has 2 aliphatic heterocycles. The minimum Gasteiger partial charge on any atom is -0.462 e. The fraction of sp³-hybridized carbons (Fsp3) is 0.474. The molecular weight excluding hydrogens is 304 g/mol. The molecular formula is C19H22N2O3. The first kappa shape index (κ1) is 15.4. The third kappa shape index (κ3) is 2.84. The standard InChI is InChI=1S/C19H22N2O3/c1-2-23-19(22)16-8-9-20-18-7-6-13(10-17(16)18)21-11-14-4-3-5-15(12-21)24-14/h6-10,14-15H,2-5,11-12H2,1H3/t14-,15+. The molecule has 0 saturated carbocycles. The van der Waals surface area contributed by atoms with Crippen LogP contribution in [0.5, 0.6) is 0 Å². The van der Waals surface area contributed by atoms with Gasteiger partial charge in [0, 0.05) is 30.4 Å². The van der Waals surface area contributed by atoms with Crippen molar-refractivity contribution in [2.75, 3.05) is 24.6 Å². The quantitative estimate of drug-likeness (QED) is 0.811. The molecule has 2 atom stereocenters. The van der Waals surface area contributed by atoms with Crippen LogP contribution in [0.4, 0.5) is 5.69 Å². The van der Waals surface area contributed by atoms with Gasteiger partial charge in [-0.05, 0) is 50.5 Å². The van der Waals surface area contributed by atoms with E-state index in [0.29, 0.717) is 24.4 Å². The molecule has 5 heteroatoms. The van der Waals surface area contributed by atoms with E-state index in [4.69, 9.17) is 9.47 Å². The van der Waals surface area contributed by atoms with Gasteiger partial charge in [-0.15, -0.1) is 0 Å². The Hall–Kier alpha value is -2.14. The van der Waals surface area contributed by atoms with Crippen molar-refractivity contribution in [2.45, 2.75) is 38.4 Å². The lowest BCUT2D eigenvalue weighted by atomic mass is 9.98. The second kappa shape index (κ2) is 6.40. The minimum atomic E-state index is -0.291. The number of nitrogens with zero attached hydrogens (tertiary/aromatic N) is 2. The van der Waals surface area contributed by atoms with Crippen LogP contribution in [-0.4, -0.2) is 42.9 Å². The van der Waals surface area contributed by atoms with Crippen LogP contribution in [0.25, 0.3) is 10.9 Å². The number of aromatic nitrogens is 1. The summed E-state index contributed by atoms with van der Waals surface area (Å²) in [4.78, 5) is 19.0. The van der Waals surface area contributed by atoms with Gasteiger partial charge in [0.2, 0.25) is 0 Å². The number of esters is 1. The molecule has 2 fully saturated rings. The highest BCUT2D eigenvalue weighted by Gasteiger charge is 2.31. The number of hydrogen-bond donors (Lipinski definition) is 0. The highest BCUT2D eigenvalue weighted by molar-refractivity contribution is 6.04. The molecule has 2 aromatic rings. The van der Waals surface area contributed by atoms with Crippen LogP contribution in [-0.2, 0) is 9.47 Å². The highest BCUT2D eigenvalue weighted by Crippen LogP contribution is 2.30. The Morgan fingerprint density at radius 3 is 2.83 bits per heavy atom. The molecule has 0 unspecified atom stereocenters. The maximum Gasteiger partial charge on any atom is 0.338 e. The summed E-state index contributed by atoms with van der Waals surface area (Å²) < 4.78 is 11.2. The molecule has 3 heterocycles. The predicted molar refractivity (Wildman–Crippen MR) is 92.4 cm³/mol. The molecule has 0 radical (unpaired) electrons. The van der Waals surface area contributed by atoms with E-state index >= 15 is 0 Å².